The molecule has 0 saturated heterocycles. The van der Waals surface area contributed by atoms with E-state index in [-0.39, 0.29) is 11.8 Å². The standard InChI is InChI=1S/C20H23ClN2O2/c1-13-7-5-6-8-15(13)12-22-18(24)20(3,4)19(25)23-16-10-9-14(2)17(21)11-16/h5-11H,12H2,1-4H3,(H,22,24)(H,23,25). The van der Waals surface area contributed by atoms with E-state index in [4.69, 9.17) is 11.6 Å². The molecule has 0 atom stereocenters. The van der Waals surface area contributed by atoms with Crippen molar-refractivity contribution < 1.29 is 9.59 Å². The molecule has 2 rings (SSSR count). The molecule has 0 aliphatic carbocycles. The van der Waals surface area contributed by atoms with Gasteiger partial charge in [0.05, 0.1) is 0 Å². The average Bonchev–Trinajstić information content (AvgIpc) is 2.57. The zero-order valence-electron chi connectivity index (χ0n) is 14.9. The van der Waals surface area contributed by atoms with Gasteiger partial charge in [-0.15, -0.1) is 0 Å². The minimum absolute atomic E-state index is 0.327. The monoisotopic (exact) mass is 358 g/mol. The molecule has 0 fully saturated rings. The average molecular weight is 359 g/mol. The second-order valence-electron chi connectivity index (χ2n) is 6.65. The lowest BCUT2D eigenvalue weighted by molar-refractivity contribution is -0.138. The number of nitrogens with one attached hydrogen (secondary N) is 2. The Morgan fingerprint density at radius 3 is 2.32 bits per heavy atom. The molecule has 132 valence electrons. The number of rotatable bonds is 5. The van der Waals surface area contributed by atoms with Crippen molar-refractivity contribution in [3.63, 3.8) is 0 Å². The maximum Gasteiger partial charge on any atom is 0.239 e. The molecule has 0 unspecified atom stereocenters. The molecule has 4 nitrogen and oxygen atoms in total. The molecule has 2 aromatic carbocycles. The van der Waals surface area contributed by atoms with Gasteiger partial charge in [0.25, 0.3) is 0 Å². The molecule has 2 N–H and O–H groups in total. The summed E-state index contributed by atoms with van der Waals surface area (Å²) in [5, 5.41) is 6.17. The number of carbonyl (C=O) groups is 2. The first-order valence-electron chi connectivity index (χ1n) is 8.12. The Labute approximate surface area is 153 Å². The highest BCUT2D eigenvalue weighted by Gasteiger charge is 2.36. The summed E-state index contributed by atoms with van der Waals surface area (Å²) in [6.07, 6.45) is 0. The fourth-order valence-corrected chi connectivity index (χ4v) is 2.45. The SMILES string of the molecule is Cc1ccc(NC(=O)C(C)(C)C(=O)NCc2ccccc2C)cc1Cl. The molecule has 0 spiro atoms. The Morgan fingerprint density at radius 2 is 1.68 bits per heavy atom. The Kier molecular flexibility index (Phi) is 5.85. The molecular weight excluding hydrogens is 336 g/mol. The molecule has 0 aromatic heterocycles. The van der Waals surface area contributed by atoms with Gasteiger partial charge in [-0.3, -0.25) is 9.59 Å². The van der Waals surface area contributed by atoms with Gasteiger partial charge in [-0.25, -0.2) is 0 Å². The van der Waals surface area contributed by atoms with Gasteiger partial charge in [0.15, 0.2) is 0 Å². The first kappa shape index (κ1) is 19.0. The third-order valence-corrected chi connectivity index (χ3v) is 4.67. The number of carbonyl (C=O) groups excluding carboxylic acids is 2. The lowest BCUT2D eigenvalue weighted by Crippen LogP contribution is -2.44. The smallest absolute Gasteiger partial charge is 0.239 e. The Morgan fingerprint density at radius 1 is 1.00 bits per heavy atom. The first-order valence-corrected chi connectivity index (χ1v) is 8.50. The lowest BCUT2D eigenvalue weighted by atomic mass is 9.90. The highest BCUT2D eigenvalue weighted by atomic mass is 35.5. The number of amides is 2. The first-order chi connectivity index (χ1) is 11.7. The zero-order chi connectivity index (χ0) is 18.6. The quantitative estimate of drug-likeness (QED) is 0.785. The third-order valence-electron chi connectivity index (χ3n) is 4.27. The minimum Gasteiger partial charge on any atom is -0.351 e. The molecule has 2 amide bonds. The summed E-state index contributed by atoms with van der Waals surface area (Å²) in [4.78, 5) is 25.0. The van der Waals surface area contributed by atoms with Crippen molar-refractivity contribution in [1.82, 2.24) is 5.32 Å². The van der Waals surface area contributed by atoms with Crippen LogP contribution in [0.25, 0.3) is 0 Å². The van der Waals surface area contributed by atoms with E-state index in [9.17, 15) is 9.59 Å². The zero-order valence-corrected chi connectivity index (χ0v) is 15.7. The van der Waals surface area contributed by atoms with Gasteiger partial charge < -0.3 is 10.6 Å². The van der Waals surface area contributed by atoms with Crippen LogP contribution in [0.15, 0.2) is 42.5 Å². The van der Waals surface area contributed by atoms with E-state index in [0.29, 0.717) is 17.3 Å². The Balaban J connectivity index is 2.03. The molecule has 5 heteroatoms. The van der Waals surface area contributed by atoms with Crippen LogP contribution >= 0.6 is 11.6 Å². The van der Waals surface area contributed by atoms with Crippen molar-refractivity contribution in [2.24, 2.45) is 5.41 Å². The molecule has 0 aliphatic heterocycles. The van der Waals surface area contributed by atoms with E-state index in [1.54, 1.807) is 26.0 Å². The van der Waals surface area contributed by atoms with Crippen molar-refractivity contribution in [1.29, 1.82) is 0 Å². The fourth-order valence-electron chi connectivity index (χ4n) is 2.27. The van der Waals surface area contributed by atoms with Gasteiger partial charge in [0.1, 0.15) is 5.41 Å². The lowest BCUT2D eigenvalue weighted by Gasteiger charge is -2.23. The number of hydrogen-bond acceptors (Lipinski definition) is 2. The van der Waals surface area contributed by atoms with E-state index in [1.807, 2.05) is 44.2 Å². The molecule has 25 heavy (non-hydrogen) atoms. The van der Waals surface area contributed by atoms with E-state index in [1.165, 1.54) is 0 Å². The summed E-state index contributed by atoms with van der Waals surface area (Å²) in [6.45, 7) is 7.46. The van der Waals surface area contributed by atoms with Crippen molar-refractivity contribution in [3.05, 3.63) is 64.2 Å². The van der Waals surface area contributed by atoms with Crippen LogP contribution in [0.3, 0.4) is 0 Å². The predicted octanol–water partition coefficient (Wildman–Crippen LogP) is 4.24. The van der Waals surface area contributed by atoms with E-state index < -0.39 is 5.41 Å². The molecule has 0 bridgehead atoms. The fraction of sp³-hybridized carbons (Fsp3) is 0.300. The largest absolute Gasteiger partial charge is 0.351 e. The highest BCUT2D eigenvalue weighted by molar-refractivity contribution is 6.31. The summed E-state index contributed by atoms with van der Waals surface area (Å²) in [7, 11) is 0. The van der Waals surface area contributed by atoms with Crippen LogP contribution in [0.5, 0.6) is 0 Å². The second-order valence-corrected chi connectivity index (χ2v) is 7.06. The maximum absolute atomic E-state index is 12.5. The number of hydrogen-bond donors (Lipinski definition) is 2. The number of aryl methyl sites for hydroxylation is 2. The maximum atomic E-state index is 12.5. The Hall–Kier alpha value is -2.33. The molecule has 0 heterocycles. The van der Waals surface area contributed by atoms with Crippen molar-refractivity contribution in [2.45, 2.75) is 34.2 Å². The van der Waals surface area contributed by atoms with Crippen LogP contribution in [-0.4, -0.2) is 11.8 Å². The summed E-state index contributed by atoms with van der Waals surface area (Å²) >= 11 is 6.08. The third kappa shape index (κ3) is 4.60. The van der Waals surface area contributed by atoms with Crippen LogP contribution < -0.4 is 10.6 Å². The van der Waals surface area contributed by atoms with Crippen LogP contribution in [0.2, 0.25) is 5.02 Å². The van der Waals surface area contributed by atoms with Gasteiger partial charge in [0, 0.05) is 17.3 Å². The van der Waals surface area contributed by atoms with Gasteiger partial charge in [0.2, 0.25) is 11.8 Å². The highest BCUT2D eigenvalue weighted by Crippen LogP contribution is 2.23. The summed E-state index contributed by atoms with van der Waals surface area (Å²) in [6, 6.07) is 13.1. The van der Waals surface area contributed by atoms with Gasteiger partial charge >= 0.3 is 0 Å². The molecular formula is C20H23ClN2O2. The summed E-state index contributed by atoms with van der Waals surface area (Å²) in [5.41, 5.74) is 2.41. The van der Waals surface area contributed by atoms with Gasteiger partial charge in [-0.2, -0.15) is 0 Å². The van der Waals surface area contributed by atoms with Gasteiger partial charge in [-0.1, -0.05) is 41.9 Å². The van der Waals surface area contributed by atoms with Crippen molar-refractivity contribution in [2.75, 3.05) is 5.32 Å². The number of benzene rings is 2. The van der Waals surface area contributed by atoms with E-state index in [2.05, 4.69) is 10.6 Å². The van der Waals surface area contributed by atoms with Crippen molar-refractivity contribution in [3.8, 4) is 0 Å². The van der Waals surface area contributed by atoms with E-state index >= 15 is 0 Å². The second kappa shape index (κ2) is 7.70. The van der Waals surface area contributed by atoms with Gasteiger partial charge in [-0.05, 0) is 56.5 Å². The van der Waals surface area contributed by atoms with Crippen molar-refractivity contribution >= 4 is 29.1 Å². The number of halogens is 1. The molecule has 0 radical (unpaired) electrons. The summed E-state index contributed by atoms with van der Waals surface area (Å²) in [5.74, 6) is -0.707. The van der Waals surface area contributed by atoms with Crippen LogP contribution in [0.1, 0.15) is 30.5 Å². The van der Waals surface area contributed by atoms with Crippen LogP contribution in [0, 0.1) is 19.3 Å². The topological polar surface area (TPSA) is 58.2 Å². The van der Waals surface area contributed by atoms with E-state index in [0.717, 1.165) is 16.7 Å². The molecule has 0 aliphatic rings. The predicted molar refractivity (Wildman–Crippen MR) is 102 cm³/mol. The molecule has 0 saturated carbocycles. The number of anilines is 1. The normalized spacial score (nSPS) is 11.1. The Bertz CT molecular complexity index is 800. The van der Waals surface area contributed by atoms with Crippen LogP contribution in [0.4, 0.5) is 5.69 Å². The molecule has 2 aromatic rings. The summed E-state index contributed by atoms with van der Waals surface area (Å²) < 4.78 is 0. The minimum atomic E-state index is -1.21. The van der Waals surface area contributed by atoms with Crippen LogP contribution in [-0.2, 0) is 16.1 Å².